The molecular weight excluding hydrogens is 383 g/mol. The van der Waals surface area contributed by atoms with Crippen LogP contribution in [0.4, 0.5) is 0 Å². The maximum Gasteiger partial charge on any atom is 0.243 e. The van der Waals surface area contributed by atoms with E-state index in [1.807, 2.05) is 30.3 Å². The highest BCUT2D eigenvalue weighted by Crippen LogP contribution is 2.47. The second-order valence-corrected chi connectivity index (χ2v) is 7.26. The van der Waals surface area contributed by atoms with E-state index >= 15 is 0 Å². The van der Waals surface area contributed by atoms with Gasteiger partial charge < -0.3 is 4.42 Å². The Bertz CT molecular complexity index is 998. The lowest BCUT2D eigenvalue weighted by molar-refractivity contribution is -0.122. The van der Waals surface area contributed by atoms with Crippen molar-refractivity contribution < 1.29 is 9.21 Å². The van der Waals surface area contributed by atoms with Gasteiger partial charge in [-0.05, 0) is 48.2 Å². The van der Waals surface area contributed by atoms with Crippen molar-refractivity contribution in [3.8, 4) is 11.3 Å². The van der Waals surface area contributed by atoms with Crippen molar-refractivity contribution in [1.82, 2.24) is 5.43 Å². The van der Waals surface area contributed by atoms with Crippen LogP contribution in [0.1, 0.15) is 23.7 Å². The molecule has 4 rings (SSSR count). The summed E-state index contributed by atoms with van der Waals surface area (Å²) in [5, 5.41) is 5.07. The Labute approximate surface area is 166 Å². The number of halogens is 2. The first kappa shape index (κ1) is 17.8. The predicted molar refractivity (Wildman–Crippen MR) is 107 cm³/mol. The summed E-state index contributed by atoms with van der Waals surface area (Å²) in [5.74, 6) is 1.31. The summed E-state index contributed by atoms with van der Waals surface area (Å²) in [5.41, 5.74) is 4.52. The van der Waals surface area contributed by atoms with Gasteiger partial charge in [0.1, 0.15) is 11.5 Å². The fourth-order valence-electron chi connectivity index (χ4n) is 3.05. The first-order chi connectivity index (χ1) is 13.1. The minimum absolute atomic E-state index is 0.0235. The molecule has 1 fully saturated rings. The molecule has 1 amide bonds. The lowest BCUT2D eigenvalue weighted by Gasteiger charge is -2.01. The van der Waals surface area contributed by atoms with Gasteiger partial charge in [-0.3, -0.25) is 4.79 Å². The van der Waals surface area contributed by atoms with Crippen LogP contribution in [0.5, 0.6) is 0 Å². The largest absolute Gasteiger partial charge is 0.455 e. The summed E-state index contributed by atoms with van der Waals surface area (Å²) < 4.78 is 5.71. The van der Waals surface area contributed by atoms with Crippen LogP contribution in [-0.4, -0.2) is 12.1 Å². The number of hydrogen-bond donors (Lipinski definition) is 1. The molecule has 2 atom stereocenters. The molecular formula is C21H16Cl2N2O2. The molecule has 0 unspecified atom stereocenters. The summed E-state index contributed by atoms with van der Waals surface area (Å²) in [6.07, 6.45) is 2.33. The molecule has 4 nitrogen and oxygen atoms in total. The number of amides is 1. The number of nitrogens with zero attached hydrogens (tertiary/aromatic N) is 1. The monoisotopic (exact) mass is 398 g/mol. The second-order valence-electron chi connectivity index (χ2n) is 6.42. The third kappa shape index (κ3) is 4.07. The minimum Gasteiger partial charge on any atom is -0.455 e. The number of benzene rings is 2. The molecule has 2 aromatic carbocycles. The zero-order valence-corrected chi connectivity index (χ0v) is 15.7. The van der Waals surface area contributed by atoms with Crippen molar-refractivity contribution in [2.24, 2.45) is 11.0 Å². The Balaban J connectivity index is 1.36. The molecule has 0 aliphatic heterocycles. The quantitative estimate of drug-likeness (QED) is 0.455. The van der Waals surface area contributed by atoms with Gasteiger partial charge in [-0.25, -0.2) is 5.43 Å². The molecule has 0 bridgehead atoms. The minimum atomic E-state index is -0.0763. The Morgan fingerprint density at radius 2 is 1.93 bits per heavy atom. The van der Waals surface area contributed by atoms with E-state index in [2.05, 4.69) is 10.5 Å². The highest BCUT2D eigenvalue weighted by Gasteiger charge is 2.43. The van der Waals surface area contributed by atoms with Crippen molar-refractivity contribution in [3.63, 3.8) is 0 Å². The lowest BCUT2D eigenvalue weighted by atomic mass is 10.1. The molecule has 0 spiro atoms. The van der Waals surface area contributed by atoms with Crippen LogP contribution in [0.15, 0.2) is 70.2 Å². The molecule has 1 saturated carbocycles. The number of furan rings is 1. The van der Waals surface area contributed by atoms with E-state index in [-0.39, 0.29) is 17.7 Å². The van der Waals surface area contributed by atoms with Gasteiger partial charge in [0.15, 0.2) is 0 Å². The van der Waals surface area contributed by atoms with E-state index < -0.39 is 0 Å². The average molecular weight is 399 g/mol. The molecule has 0 radical (unpaired) electrons. The van der Waals surface area contributed by atoms with Gasteiger partial charge in [0.05, 0.1) is 11.2 Å². The zero-order valence-electron chi connectivity index (χ0n) is 14.2. The SMILES string of the molecule is O=C(N/N=C/c1ccc(-c2ccc(Cl)cc2Cl)o1)[C@@H]1C[C@H]1c1ccccc1. The molecule has 0 saturated heterocycles. The first-order valence-corrected chi connectivity index (χ1v) is 9.30. The molecule has 1 N–H and O–H groups in total. The van der Waals surface area contributed by atoms with Crippen LogP contribution < -0.4 is 5.43 Å². The number of carbonyl (C=O) groups excluding carboxylic acids is 1. The van der Waals surface area contributed by atoms with Crippen LogP contribution in [0.3, 0.4) is 0 Å². The van der Waals surface area contributed by atoms with Gasteiger partial charge in [0.25, 0.3) is 0 Å². The van der Waals surface area contributed by atoms with E-state index in [0.29, 0.717) is 21.6 Å². The standard InChI is InChI=1S/C21H16Cl2N2O2/c22-14-6-8-16(19(23)10-14)20-9-7-15(27-20)12-24-25-21(26)18-11-17(18)13-4-2-1-3-5-13/h1-10,12,17-18H,11H2,(H,25,26)/b24-12+/t17-,18+/m0/s1. The summed E-state index contributed by atoms with van der Waals surface area (Å²) in [6.45, 7) is 0. The number of nitrogens with one attached hydrogen (secondary N) is 1. The van der Waals surface area contributed by atoms with Crippen molar-refractivity contribution in [3.05, 3.63) is 82.0 Å². The van der Waals surface area contributed by atoms with E-state index in [0.717, 1.165) is 12.0 Å². The number of hydrogen-bond acceptors (Lipinski definition) is 3. The Kier molecular flexibility index (Phi) is 5.01. The lowest BCUT2D eigenvalue weighted by Crippen LogP contribution is -2.20. The molecule has 1 aliphatic rings. The maximum atomic E-state index is 12.2. The van der Waals surface area contributed by atoms with Crippen molar-refractivity contribution in [1.29, 1.82) is 0 Å². The van der Waals surface area contributed by atoms with E-state index in [9.17, 15) is 4.79 Å². The molecule has 6 heteroatoms. The number of carbonyl (C=O) groups is 1. The van der Waals surface area contributed by atoms with Crippen molar-refractivity contribution in [2.45, 2.75) is 12.3 Å². The van der Waals surface area contributed by atoms with Gasteiger partial charge in [0.2, 0.25) is 5.91 Å². The third-order valence-electron chi connectivity index (χ3n) is 4.54. The predicted octanol–water partition coefficient (Wildman–Crippen LogP) is 5.51. The number of hydrazone groups is 1. The maximum absolute atomic E-state index is 12.2. The van der Waals surface area contributed by atoms with Gasteiger partial charge in [-0.1, -0.05) is 53.5 Å². The topological polar surface area (TPSA) is 54.6 Å². The van der Waals surface area contributed by atoms with Crippen LogP contribution >= 0.6 is 23.2 Å². The van der Waals surface area contributed by atoms with Gasteiger partial charge in [0, 0.05) is 16.5 Å². The van der Waals surface area contributed by atoms with E-state index in [4.69, 9.17) is 27.6 Å². The van der Waals surface area contributed by atoms with E-state index in [1.54, 1.807) is 30.3 Å². The zero-order chi connectivity index (χ0) is 18.8. The molecule has 1 heterocycles. The van der Waals surface area contributed by atoms with Crippen LogP contribution in [0.25, 0.3) is 11.3 Å². The fraction of sp³-hybridized carbons (Fsp3) is 0.143. The first-order valence-electron chi connectivity index (χ1n) is 8.55. The van der Waals surface area contributed by atoms with Gasteiger partial charge in [-0.2, -0.15) is 5.10 Å². The van der Waals surface area contributed by atoms with E-state index in [1.165, 1.54) is 11.8 Å². The van der Waals surface area contributed by atoms with Crippen molar-refractivity contribution in [2.75, 3.05) is 0 Å². The van der Waals surface area contributed by atoms with Gasteiger partial charge >= 0.3 is 0 Å². The third-order valence-corrected chi connectivity index (χ3v) is 5.09. The highest BCUT2D eigenvalue weighted by atomic mass is 35.5. The summed E-state index contributed by atoms with van der Waals surface area (Å²) in [6, 6.07) is 18.8. The average Bonchev–Trinajstić information content (AvgIpc) is 3.34. The van der Waals surface area contributed by atoms with Crippen molar-refractivity contribution >= 4 is 35.3 Å². The summed E-state index contributed by atoms with van der Waals surface area (Å²) in [7, 11) is 0. The Morgan fingerprint density at radius 1 is 1.11 bits per heavy atom. The van der Waals surface area contributed by atoms with Crippen LogP contribution in [0, 0.1) is 5.92 Å². The smallest absolute Gasteiger partial charge is 0.243 e. The molecule has 1 aliphatic carbocycles. The van der Waals surface area contributed by atoms with Gasteiger partial charge in [-0.15, -0.1) is 0 Å². The highest BCUT2D eigenvalue weighted by molar-refractivity contribution is 6.36. The van der Waals surface area contributed by atoms with Crippen LogP contribution in [-0.2, 0) is 4.79 Å². The second kappa shape index (κ2) is 7.59. The Hall–Kier alpha value is -2.56. The van der Waals surface area contributed by atoms with Crippen LogP contribution in [0.2, 0.25) is 10.0 Å². The fourth-order valence-corrected chi connectivity index (χ4v) is 3.55. The molecule has 136 valence electrons. The molecule has 1 aromatic heterocycles. The molecule has 3 aromatic rings. The molecule has 27 heavy (non-hydrogen) atoms. The Morgan fingerprint density at radius 3 is 2.70 bits per heavy atom. The summed E-state index contributed by atoms with van der Waals surface area (Å²) in [4.78, 5) is 12.2. The summed E-state index contributed by atoms with van der Waals surface area (Å²) >= 11 is 12.1. The number of rotatable bonds is 5. The normalized spacial score (nSPS) is 18.6.